The van der Waals surface area contributed by atoms with Crippen molar-refractivity contribution in [3.8, 4) is 0 Å². The van der Waals surface area contributed by atoms with E-state index < -0.39 is 6.04 Å². The minimum atomic E-state index is -0.467. The number of hydrogen-bond acceptors (Lipinski definition) is 3. The fourth-order valence-corrected chi connectivity index (χ4v) is 6.14. The van der Waals surface area contributed by atoms with Crippen molar-refractivity contribution in [1.29, 1.82) is 0 Å². The summed E-state index contributed by atoms with van der Waals surface area (Å²) in [6.07, 6.45) is 6.70. The van der Waals surface area contributed by atoms with Crippen molar-refractivity contribution in [2.75, 3.05) is 5.75 Å². The summed E-state index contributed by atoms with van der Waals surface area (Å²) in [5.41, 5.74) is 0.413. The third-order valence-corrected chi connectivity index (χ3v) is 7.80. The fourth-order valence-electron chi connectivity index (χ4n) is 4.01. The topological polar surface area (TPSA) is 49.4 Å². The number of hydrogen-bond donors (Lipinski definition) is 1. The molecular formula is C21H28Cl2N2O2S. The van der Waals surface area contributed by atoms with Crippen LogP contribution in [0.15, 0.2) is 18.2 Å². The zero-order valence-electron chi connectivity index (χ0n) is 16.4. The average molecular weight is 443 g/mol. The second-order valence-electron chi connectivity index (χ2n) is 7.79. The molecule has 0 aromatic heterocycles. The summed E-state index contributed by atoms with van der Waals surface area (Å²) in [4.78, 5) is 28.3. The molecule has 3 unspecified atom stereocenters. The molecule has 154 valence electrons. The van der Waals surface area contributed by atoms with Crippen LogP contribution in [0.3, 0.4) is 0 Å². The minimum Gasteiger partial charge on any atom is -0.352 e. The van der Waals surface area contributed by atoms with E-state index in [9.17, 15) is 9.59 Å². The molecule has 0 bridgehead atoms. The highest BCUT2D eigenvalue weighted by Crippen LogP contribution is 2.41. The maximum absolute atomic E-state index is 13.5. The summed E-state index contributed by atoms with van der Waals surface area (Å²) in [6, 6.07) is 4.54. The number of benzene rings is 1. The van der Waals surface area contributed by atoms with E-state index in [0.717, 1.165) is 19.3 Å². The zero-order valence-corrected chi connectivity index (χ0v) is 18.7. The third kappa shape index (κ3) is 4.80. The molecule has 2 amide bonds. The van der Waals surface area contributed by atoms with E-state index >= 15 is 0 Å². The molecule has 0 radical (unpaired) electrons. The van der Waals surface area contributed by atoms with Crippen LogP contribution in [0.25, 0.3) is 0 Å². The van der Waals surface area contributed by atoms with Gasteiger partial charge in [0, 0.05) is 16.8 Å². The molecule has 2 aliphatic rings. The smallest absolute Gasteiger partial charge is 0.256 e. The van der Waals surface area contributed by atoms with E-state index in [-0.39, 0.29) is 23.2 Å². The van der Waals surface area contributed by atoms with Crippen molar-refractivity contribution in [3.63, 3.8) is 0 Å². The molecule has 1 aromatic carbocycles. The first-order valence-electron chi connectivity index (χ1n) is 10.1. The number of carbonyl (C=O) groups is 2. The van der Waals surface area contributed by atoms with Gasteiger partial charge in [-0.05, 0) is 50.3 Å². The van der Waals surface area contributed by atoms with Gasteiger partial charge in [-0.1, -0.05) is 49.4 Å². The van der Waals surface area contributed by atoms with E-state index in [1.54, 1.807) is 34.9 Å². The molecule has 1 aliphatic heterocycles. The lowest BCUT2D eigenvalue weighted by Gasteiger charge is -2.36. The Morgan fingerprint density at radius 2 is 1.96 bits per heavy atom. The van der Waals surface area contributed by atoms with Gasteiger partial charge >= 0.3 is 0 Å². The van der Waals surface area contributed by atoms with Gasteiger partial charge in [0.2, 0.25) is 5.91 Å². The SMILES string of the molecule is CCC(C)NC(=O)C1CSC(C2CCCCC2)N1C(=O)c1ccc(Cl)cc1Cl. The first-order chi connectivity index (χ1) is 13.4. The summed E-state index contributed by atoms with van der Waals surface area (Å²) in [7, 11) is 0. The Morgan fingerprint density at radius 3 is 2.61 bits per heavy atom. The summed E-state index contributed by atoms with van der Waals surface area (Å²) in [5, 5.41) is 3.90. The first kappa shape index (κ1) is 21.8. The number of thioether (sulfide) groups is 1. The largest absolute Gasteiger partial charge is 0.352 e. The van der Waals surface area contributed by atoms with Gasteiger partial charge in [0.15, 0.2) is 0 Å². The highest BCUT2D eigenvalue weighted by atomic mass is 35.5. The molecule has 1 aliphatic carbocycles. The second kappa shape index (κ2) is 9.73. The van der Waals surface area contributed by atoms with Gasteiger partial charge in [0.1, 0.15) is 6.04 Å². The summed E-state index contributed by atoms with van der Waals surface area (Å²) in [5.74, 6) is 0.806. The number of carbonyl (C=O) groups excluding carboxylic acids is 2. The Labute approximate surface area is 181 Å². The molecule has 0 spiro atoms. The second-order valence-corrected chi connectivity index (χ2v) is 9.79. The predicted octanol–water partition coefficient (Wildman–Crippen LogP) is 5.37. The fraction of sp³-hybridized carbons (Fsp3) is 0.619. The molecule has 7 heteroatoms. The van der Waals surface area contributed by atoms with Gasteiger partial charge in [-0.3, -0.25) is 9.59 Å². The molecule has 28 heavy (non-hydrogen) atoms. The summed E-state index contributed by atoms with van der Waals surface area (Å²) in [6.45, 7) is 4.02. The van der Waals surface area contributed by atoms with Crippen LogP contribution in [0, 0.1) is 5.92 Å². The molecule has 3 atom stereocenters. The van der Waals surface area contributed by atoms with Crippen LogP contribution in [-0.2, 0) is 4.79 Å². The van der Waals surface area contributed by atoms with Crippen molar-refractivity contribution in [3.05, 3.63) is 33.8 Å². The normalized spacial score (nSPS) is 24.2. The molecule has 1 N–H and O–H groups in total. The zero-order chi connectivity index (χ0) is 20.3. The number of nitrogens with zero attached hydrogens (tertiary/aromatic N) is 1. The van der Waals surface area contributed by atoms with Crippen LogP contribution in [0.4, 0.5) is 0 Å². The maximum atomic E-state index is 13.5. The van der Waals surface area contributed by atoms with Gasteiger partial charge < -0.3 is 10.2 Å². The lowest BCUT2D eigenvalue weighted by molar-refractivity contribution is -0.125. The standard InChI is InChI=1S/C21H28Cl2N2O2S/c1-3-13(2)24-19(26)18-12-28-21(14-7-5-4-6-8-14)25(18)20(27)16-10-9-15(22)11-17(16)23/h9-11,13-14,18,21H,3-8,12H2,1-2H3,(H,24,26). The van der Waals surface area contributed by atoms with Crippen LogP contribution in [0.5, 0.6) is 0 Å². The minimum absolute atomic E-state index is 0.0206. The van der Waals surface area contributed by atoms with E-state index in [4.69, 9.17) is 23.2 Å². The van der Waals surface area contributed by atoms with E-state index in [1.165, 1.54) is 19.3 Å². The molecule has 1 saturated carbocycles. The van der Waals surface area contributed by atoms with Crippen molar-refractivity contribution >= 4 is 46.8 Å². The quantitative estimate of drug-likeness (QED) is 0.666. The molecule has 4 nitrogen and oxygen atoms in total. The van der Waals surface area contributed by atoms with Crippen molar-refractivity contribution in [1.82, 2.24) is 10.2 Å². The van der Waals surface area contributed by atoms with Gasteiger partial charge in [0.05, 0.1) is 16.0 Å². The van der Waals surface area contributed by atoms with Crippen LogP contribution in [0.1, 0.15) is 62.7 Å². The lowest BCUT2D eigenvalue weighted by atomic mass is 9.88. The van der Waals surface area contributed by atoms with Gasteiger partial charge in [-0.15, -0.1) is 11.8 Å². The van der Waals surface area contributed by atoms with Gasteiger partial charge in [0.25, 0.3) is 5.91 Å². The maximum Gasteiger partial charge on any atom is 0.256 e. The Morgan fingerprint density at radius 1 is 1.25 bits per heavy atom. The molecule has 2 fully saturated rings. The Balaban J connectivity index is 1.89. The summed E-state index contributed by atoms with van der Waals surface area (Å²) < 4.78 is 0. The number of rotatable bonds is 5. The van der Waals surface area contributed by atoms with Crippen molar-refractivity contribution in [2.45, 2.75) is 69.8 Å². The highest BCUT2D eigenvalue weighted by Gasteiger charge is 2.45. The third-order valence-electron chi connectivity index (χ3n) is 5.79. The molecule has 1 aromatic rings. The van der Waals surface area contributed by atoms with E-state index in [0.29, 0.717) is 27.3 Å². The number of halogens is 2. The predicted molar refractivity (Wildman–Crippen MR) is 117 cm³/mol. The van der Waals surface area contributed by atoms with Crippen molar-refractivity contribution < 1.29 is 9.59 Å². The van der Waals surface area contributed by atoms with Crippen LogP contribution >= 0.6 is 35.0 Å². The van der Waals surface area contributed by atoms with Crippen LogP contribution in [0.2, 0.25) is 10.0 Å². The van der Waals surface area contributed by atoms with Crippen LogP contribution in [-0.4, -0.2) is 39.9 Å². The Kier molecular flexibility index (Phi) is 7.57. The van der Waals surface area contributed by atoms with E-state index in [1.807, 2.05) is 13.8 Å². The highest BCUT2D eigenvalue weighted by molar-refractivity contribution is 8.00. The molecule has 1 heterocycles. The van der Waals surface area contributed by atoms with E-state index in [2.05, 4.69) is 5.32 Å². The molecule has 3 rings (SSSR count). The van der Waals surface area contributed by atoms with Crippen molar-refractivity contribution in [2.24, 2.45) is 5.92 Å². The number of nitrogens with one attached hydrogen (secondary N) is 1. The lowest BCUT2D eigenvalue weighted by Crippen LogP contribution is -2.52. The Hall–Kier alpha value is -0.910. The van der Waals surface area contributed by atoms with Crippen LogP contribution < -0.4 is 5.32 Å². The Bertz CT molecular complexity index is 724. The first-order valence-corrected chi connectivity index (χ1v) is 11.9. The number of amides is 2. The molecule has 1 saturated heterocycles. The monoisotopic (exact) mass is 442 g/mol. The average Bonchev–Trinajstić information content (AvgIpc) is 3.13. The summed E-state index contributed by atoms with van der Waals surface area (Å²) >= 11 is 14.1. The van der Waals surface area contributed by atoms with Gasteiger partial charge in [-0.2, -0.15) is 0 Å². The van der Waals surface area contributed by atoms with Gasteiger partial charge in [-0.25, -0.2) is 0 Å². The molecular weight excluding hydrogens is 415 g/mol.